The molecule has 0 aliphatic heterocycles. The summed E-state index contributed by atoms with van der Waals surface area (Å²) >= 11 is 0. The first-order valence-electron chi connectivity index (χ1n) is 11.5. The van der Waals surface area contributed by atoms with Gasteiger partial charge in [-0.05, 0) is 66.8 Å². The molecule has 8 nitrogen and oxygen atoms in total. The second-order valence-electron chi connectivity index (χ2n) is 8.27. The Balaban J connectivity index is 1.60. The SMILES string of the molecule is C[C@@H](CC/C=C/C(=O)Nc1ccccc1N)[C@H](OC(=O)NC(=O)c1ccccc1)c1ccc(O)cc1. The molecule has 0 spiro atoms. The lowest BCUT2D eigenvalue weighted by atomic mass is 9.93. The summed E-state index contributed by atoms with van der Waals surface area (Å²) in [7, 11) is 0. The summed E-state index contributed by atoms with van der Waals surface area (Å²) in [6.07, 6.45) is 2.74. The number of anilines is 2. The molecule has 0 aliphatic carbocycles. The molecule has 8 heteroatoms. The Morgan fingerprint density at radius 1 is 0.972 bits per heavy atom. The standard InChI is InChI=1S/C28H29N3O5/c1-19(9-5-8-14-25(33)30-24-13-7-6-12-23(24)29)26(20-15-17-22(32)18-16-20)36-28(35)31-27(34)21-10-3-2-4-11-21/h2-4,6-8,10-19,26,32H,5,9,29H2,1H3,(H,30,33)(H,31,34,35)/b14-8+/t19-,26-/m0/s1. The predicted octanol–water partition coefficient (Wildman–Crippen LogP) is 5.19. The van der Waals surface area contributed by atoms with Crippen molar-refractivity contribution in [1.29, 1.82) is 0 Å². The van der Waals surface area contributed by atoms with E-state index in [4.69, 9.17) is 10.5 Å². The first-order chi connectivity index (χ1) is 17.3. The number of amides is 3. The summed E-state index contributed by atoms with van der Waals surface area (Å²) in [6, 6.07) is 21.7. The molecule has 0 fully saturated rings. The molecule has 36 heavy (non-hydrogen) atoms. The van der Waals surface area contributed by atoms with E-state index in [2.05, 4.69) is 10.6 Å². The van der Waals surface area contributed by atoms with E-state index in [1.807, 2.05) is 6.92 Å². The van der Waals surface area contributed by atoms with Gasteiger partial charge >= 0.3 is 6.09 Å². The van der Waals surface area contributed by atoms with Gasteiger partial charge in [0.2, 0.25) is 5.91 Å². The normalized spacial score (nSPS) is 12.5. The van der Waals surface area contributed by atoms with E-state index >= 15 is 0 Å². The molecule has 0 saturated carbocycles. The Morgan fingerprint density at radius 3 is 2.33 bits per heavy atom. The number of para-hydroxylation sites is 2. The van der Waals surface area contributed by atoms with Gasteiger partial charge in [0.1, 0.15) is 11.9 Å². The topological polar surface area (TPSA) is 131 Å². The van der Waals surface area contributed by atoms with E-state index in [9.17, 15) is 19.5 Å². The number of imide groups is 1. The summed E-state index contributed by atoms with van der Waals surface area (Å²) in [4.78, 5) is 37.0. The van der Waals surface area contributed by atoms with Crippen molar-refractivity contribution in [1.82, 2.24) is 5.32 Å². The van der Waals surface area contributed by atoms with Crippen LogP contribution in [0.15, 0.2) is 91.0 Å². The number of phenols is 1. The molecule has 0 aromatic heterocycles. The lowest BCUT2D eigenvalue weighted by Crippen LogP contribution is -2.33. The maximum atomic E-state index is 12.5. The van der Waals surface area contributed by atoms with Crippen LogP contribution >= 0.6 is 0 Å². The van der Waals surface area contributed by atoms with Crippen molar-refractivity contribution in [2.45, 2.75) is 25.9 Å². The van der Waals surface area contributed by atoms with Crippen molar-refractivity contribution >= 4 is 29.3 Å². The molecular weight excluding hydrogens is 458 g/mol. The number of benzene rings is 3. The summed E-state index contributed by atoms with van der Waals surface area (Å²) in [5, 5.41) is 14.6. The fourth-order valence-corrected chi connectivity index (χ4v) is 3.56. The van der Waals surface area contributed by atoms with Crippen molar-refractivity contribution in [3.8, 4) is 5.75 Å². The zero-order valence-corrected chi connectivity index (χ0v) is 19.9. The van der Waals surface area contributed by atoms with Gasteiger partial charge in [0.05, 0.1) is 11.4 Å². The fraction of sp³-hybridized carbons (Fsp3) is 0.179. The Bertz CT molecular complexity index is 1210. The Morgan fingerprint density at radius 2 is 1.64 bits per heavy atom. The first-order valence-corrected chi connectivity index (χ1v) is 11.5. The molecule has 0 radical (unpaired) electrons. The minimum atomic E-state index is -0.871. The number of hydrogen-bond donors (Lipinski definition) is 4. The van der Waals surface area contributed by atoms with Crippen LogP contribution in [0.1, 0.15) is 41.8 Å². The molecule has 0 heterocycles. The van der Waals surface area contributed by atoms with Crippen LogP contribution in [0.3, 0.4) is 0 Å². The molecule has 0 unspecified atom stereocenters. The van der Waals surface area contributed by atoms with Crippen molar-refractivity contribution in [2.75, 3.05) is 11.1 Å². The highest BCUT2D eigenvalue weighted by Gasteiger charge is 2.24. The Hall–Kier alpha value is -4.59. The third-order valence-electron chi connectivity index (χ3n) is 5.50. The predicted molar refractivity (Wildman–Crippen MR) is 138 cm³/mol. The van der Waals surface area contributed by atoms with E-state index < -0.39 is 18.1 Å². The number of ether oxygens (including phenoxy) is 1. The summed E-state index contributed by atoms with van der Waals surface area (Å²) in [5.41, 5.74) is 7.87. The zero-order chi connectivity index (χ0) is 25.9. The molecule has 3 rings (SSSR count). The maximum Gasteiger partial charge on any atom is 0.414 e. The van der Waals surface area contributed by atoms with Crippen LogP contribution in [-0.2, 0) is 9.53 Å². The summed E-state index contributed by atoms with van der Waals surface area (Å²) < 4.78 is 5.63. The molecular formula is C28H29N3O5. The second-order valence-corrected chi connectivity index (χ2v) is 8.27. The van der Waals surface area contributed by atoms with Crippen LogP contribution < -0.4 is 16.4 Å². The van der Waals surface area contributed by atoms with Gasteiger partial charge in [0.15, 0.2) is 0 Å². The second kappa shape index (κ2) is 12.8. The number of phenolic OH excluding ortho intramolecular Hbond substituents is 1. The number of nitrogens with two attached hydrogens (primary N) is 1. The largest absolute Gasteiger partial charge is 0.508 e. The highest BCUT2D eigenvalue weighted by atomic mass is 16.6. The molecule has 0 aliphatic rings. The van der Waals surface area contributed by atoms with E-state index in [0.29, 0.717) is 35.3 Å². The van der Waals surface area contributed by atoms with Crippen LogP contribution in [0.5, 0.6) is 5.75 Å². The van der Waals surface area contributed by atoms with Crippen LogP contribution in [0.2, 0.25) is 0 Å². The summed E-state index contributed by atoms with van der Waals surface area (Å²) in [6.45, 7) is 1.91. The number of allylic oxidation sites excluding steroid dienone is 1. The zero-order valence-electron chi connectivity index (χ0n) is 19.9. The van der Waals surface area contributed by atoms with Gasteiger partial charge in [-0.2, -0.15) is 0 Å². The van der Waals surface area contributed by atoms with E-state index in [0.717, 1.165) is 0 Å². The van der Waals surface area contributed by atoms with Crippen LogP contribution in [0, 0.1) is 5.92 Å². The number of carbonyl (C=O) groups is 3. The number of nitrogens with one attached hydrogen (secondary N) is 2. The highest BCUT2D eigenvalue weighted by Crippen LogP contribution is 2.30. The lowest BCUT2D eigenvalue weighted by Gasteiger charge is -2.24. The Labute approximate surface area is 209 Å². The lowest BCUT2D eigenvalue weighted by molar-refractivity contribution is -0.111. The van der Waals surface area contributed by atoms with Crippen molar-refractivity contribution in [2.24, 2.45) is 5.92 Å². The number of hydrogen-bond acceptors (Lipinski definition) is 6. The van der Waals surface area contributed by atoms with Gasteiger partial charge in [-0.3, -0.25) is 14.9 Å². The van der Waals surface area contributed by atoms with Gasteiger partial charge in [0, 0.05) is 5.56 Å². The minimum Gasteiger partial charge on any atom is -0.508 e. The third kappa shape index (κ3) is 7.73. The monoisotopic (exact) mass is 487 g/mol. The van der Waals surface area contributed by atoms with Gasteiger partial charge in [-0.25, -0.2) is 4.79 Å². The van der Waals surface area contributed by atoms with Crippen LogP contribution in [0.25, 0.3) is 0 Å². The molecule has 3 amide bonds. The summed E-state index contributed by atoms with van der Waals surface area (Å²) in [5.74, 6) is -0.942. The molecule has 3 aromatic carbocycles. The fourth-order valence-electron chi connectivity index (χ4n) is 3.56. The van der Waals surface area contributed by atoms with Crippen molar-refractivity contribution < 1.29 is 24.2 Å². The smallest absolute Gasteiger partial charge is 0.414 e. The quantitative estimate of drug-likeness (QED) is 0.243. The van der Waals surface area contributed by atoms with Gasteiger partial charge < -0.3 is 20.9 Å². The number of nitrogen functional groups attached to an aromatic ring is 1. The van der Waals surface area contributed by atoms with Gasteiger partial charge in [0.25, 0.3) is 5.91 Å². The first kappa shape index (κ1) is 26.0. The maximum absolute atomic E-state index is 12.5. The molecule has 0 bridgehead atoms. The molecule has 186 valence electrons. The van der Waals surface area contributed by atoms with E-state index in [-0.39, 0.29) is 17.6 Å². The van der Waals surface area contributed by atoms with E-state index in [1.54, 1.807) is 72.8 Å². The number of carbonyl (C=O) groups excluding carboxylic acids is 3. The third-order valence-corrected chi connectivity index (χ3v) is 5.50. The molecule has 5 N–H and O–H groups in total. The highest BCUT2D eigenvalue weighted by molar-refractivity contribution is 6.03. The van der Waals surface area contributed by atoms with Crippen molar-refractivity contribution in [3.05, 3.63) is 102 Å². The van der Waals surface area contributed by atoms with Crippen LogP contribution in [-0.4, -0.2) is 23.0 Å². The molecule has 0 saturated heterocycles. The average molecular weight is 488 g/mol. The average Bonchev–Trinajstić information content (AvgIpc) is 2.87. The Kier molecular flexibility index (Phi) is 9.22. The van der Waals surface area contributed by atoms with Crippen LogP contribution in [0.4, 0.5) is 16.2 Å². The molecule has 3 aromatic rings. The number of alkyl carbamates (subject to hydrolysis) is 1. The van der Waals surface area contributed by atoms with Gasteiger partial charge in [-0.15, -0.1) is 0 Å². The molecule has 2 atom stereocenters. The number of rotatable bonds is 9. The minimum absolute atomic E-state index is 0.0851. The number of aromatic hydroxyl groups is 1. The van der Waals surface area contributed by atoms with E-state index in [1.165, 1.54) is 18.2 Å². The van der Waals surface area contributed by atoms with Gasteiger partial charge in [-0.1, -0.05) is 55.5 Å². The van der Waals surface area contributed by atoms with Crippen molar-refractivity contribution in [3.63, 3.8) is 0 Å².